The van der Waals surface area contributed by atoms with Gasteiger partial charge in [-0.3, -0.25) is 9.59 Å². The Labute approximate surface area is 154 Å². The maximum Gasteiger partial charge on any atom is 0.327 e. The van der Waals surface area contributed by atoms with Crippen molar-refractivity contribution in [1.29, 1.82) is 0 Å². The predicted molar refractivity (Wildman–Crippen MR) is 95.2 cm³/mol. The van der Waals surface area contributed by atoms with Crippen molar-refractivity contribution in [2.45, 2.75) is 83.5 Å². The van der Waals surface area contributed by atoms with Crippen molar-refractivity contribution in [3.63, 3.8) is 0 Å². The molecule has 0 spiro atoms. The molecule has 1 aliphatic carbocycles. The largest absolute Gasteiger partial charge is 0.478 e. The Morgan fingerprint density at radius 3 is 2.62 bits per heavy atom. The first kappa shape index (κ1) is 22.5. The third-order valence-electron chi connectivity index (χ3n) is 5.13. The van der Waals surface area contributed by atoms with Crippen molar-refractivity contribution < 1.29 is 28.3 Å². The standard InChI is InChI=1S/C20H30F2O4/c1-2-3-14-20(21,22)18(24)13-11-15-10-12-17(23)16(15)8-6-4-5-7-9-19(25)26/h7,9,15-16H,2-6,8,10-14H2,1H3,(H,25,26)/b9-7+. The molecule has 4 nitrogen and oxygen atoms in total. The topological polar surface area (TPSA) is 71.4 Å². The molecule has 0 aromatic heterocycles. The Balaban J connectivity index is 2.39. The molecule has 2 unspecified atom stereocenters. The molecular weight excluding hydrogens is 342 g/mol. The molecule has 1 N–H and O–H groups in total. The summed E-state index contributed by atoms with van der Waals surface area (Å²) in [4.78, 5) is 34.2. The summed E-state index contributed by atoms with van der Waals surface area (Å²) in [6, 6.07) is 0. The van der Waals surface area contributed by atoms with Crippen LogP contribution < -0.4 is 0 Å². The molecule has 2 atom stereocenters. The van der Waals surface area contributed by atoms with E-state index in [1.807, 2.05) is 6.92 Å². The minimum atomic E-state index is -3.25. The van der Waals surface area contributed by atoms with Crippen molar-refractivity contribution in [1.82, 2.24) is 0 Å². The number of ketones is 2. The van der Waals surface area contributed by atoms with E-state index < -0.39 is 17.7 Å². The smallest absolute Gasteiger partial charge is 0.327 e. The molecule has 0 saturated heterocycles. The molecule has 0 radical (unpaired) electrons. The lowest BCUT2D eigenvalue weighted by Gasteiger charge is -2.20. The van der Waals surface area contributed by atoms with Crippen LogP contribution in [-0.2, 0) is 14.4 Å². The van der Waals surface area contributed by atoms with Crippen LogP contribution in [0.2, 0.25) is 0 Å². The van der Waals surface area contributed by atoms with Crippen molar-refractivity contribution in [3.05, 3.63) is 12.2 Å². The molecule has 0 aromatic carbocycles. The maximum absolute atomic E-state index is 13.8. The number of Topliss-reactive ketones (excluding diaryl/α,β-unsaturated/α-hetero) is 2. The number of aliphatic carboxylic acids is 1. The van der Waals surface area contributed by atoms with Gasteiger partial charge in [0.15, 0.2) is 0 Å². The van der Waals surface area contributed by atoms with Gasteiger partial charge in [0.05, 0.1) is 0 Å². The highest BCUT2D eigenvalue weighted by molar-refractivity contribution is 5.86. The van der Waals surface area contributed by atoms with E-state index >= 15 is 0 Å². The van der Waals surface area contributed by atoms with E-state index in [0.717, 1.165) is 18.9 Å². The van der Waals surface area contributed by atoms with Crippen LogP contribution >= 0.6 is 0 Å². The van der Waals surface area contributed by atoms with Gasteiger partial charge in [0.1, 0.15) is 5.78 Å². The van der Waals surface area contributed by atoms with Crippen LogP contribution in [-0.4, -0.2) is 28.6 Å². The average molecular weight is 372 g/mol. The third-order valence-corrected chi connectivity index (χ3v) is 5.13. The van der Waals surface area contributed by atoms with Crippen LogP contribution in [0.5, 0.6) is 0 Å². The monoisotopic (exact) mass is 372 g/mol. The fourth-order valence-electron chi connectivity index (χ4n) is 3.57. The number of rotatable bonds is 13. The highest BCUT2D eigenvalue weighted by Gasteiger charge is 2.39. The molecule has 1 aliphatic rings. The predicted octanol–water partition coefficient (Wildman–Crippen LogP) is 4.96. The average Bonchev–Trinajstić information content (AvgIpc) is 2.93. The van der Waals surface area contributed by atoms with Gasteiger partial charge < -0.3 is 5.11 Å². The van der Waals surface area contributed by atoms with Crippen molar-refractivity contribution in [2.75, 3.05) is 0 Å². The number of allylic oxidation sites excluding steroid dienone is 1. The zero-order chi connectivity index (χ0) is 19.6. The van der Waals surface area contributed by atoms with Crippen LogP contribution in [0.1, 0.15) is 77.6 Å². The Morgan fingerprint density at radius 1 is 1.23 bits per heavy atom. The summed E-state index contributed by atoms with van der Waals surface area (Å²) in [5.74, 6) is -5.18. The van der Waals surface area contributed by atoms with Gasteiger partial charge in [-0.25, -0.2) is 4.79 Å². The van der Waals surface area contributed by atoms with Crippen LogP contribution in [0.3, 0.4) is 0 Å². The molecule has 1 rings (SSSR count). The second kappa shape index (κ2) is 11.2. The van der Waals surface area contributed by atoms with E-state index in [1.165, 1.54) is 0 Å². The van der Waals surface area contributed by atoms with Crippen molar-refractivity contribution in [2.24, 2.45) is 11.8 Å². The molecule has 148 valence electrons. The van der Waals surface area contributed by atoms with Crippen LogP contribution in [0.25, 0.3) is 0 Å². The summed E-state index contributed by atoms with van der Waals surface area (Å²) in [5.41, 5.74) is 0. The minimum absolute atomic E-state index is 0.0167. The molecule has 1 saturated carbocycles. The van der Waals surface area contributed by atoms with Gasteiger partial charge in [-0.2, -0.15) is 8.78 Å². The highest BCUT2D eigenvalue weighted by atomic mass is 19.3. The Morgan fingerprint density at radius 2 is 1.96 bits per heavy atom. The molecule has 0 bridgehead atoms. The zero-order valence-corrected chi connectivity index (χ0v) is 15.5. The lowest BCUT2D eigenvalue weighted by Crippen LogP contribution is -2.29. The Bertz CT molecular complexity index is 514. The molecule has 6 heteroatoms. The summed E-state index contributed by atoms with van der Waals surface area (Å²) < 4.78 is 27.5. The van der Waals surface area contributed by atoms with E-state index in [1.54, 1.807) is 6.08 Å². The van der Waals surface area contributed by atoms with Gasteiger partial charge in [-0.15, -0.1) is 0 Å². The fourth-order valence-corrected chi connectivity index (χ4v) is 3.57. The fraction of sp³-hybridized carbons (Fsp3) is 0.750. The lowest BCUT2D eigenvalue weighted by molar-refractivity contribution is -0.144. The molecule has 0 aliphatic heterocycles. The first-order chi connectivity index (χ1) is 12.3. The molecule has 0 amide bonds. The number of carbonyl (C=O) groups is 3. The number of carboxylic acid groups (broad SMARTS) is 1. The van der Waals surface area contributed by atoms with E-state index in [9.17, 15) is 23.2 Å². The van der Waals surface area contributed by atoms with Gasteiger partial charge in [0, 0.05) is 31.3 Å². The molecule has 0 aromatic rings. The minimum Gasteiger partial charge on any atom is -0.478 e. The third kappa shape index (κ3) is 7.75. The van der Waals surface area contributed by atoms with Gasteiger partial charge in [0.25, 0.3) is 0 Å². The van der Waals surface area contributed by atoms with Gasteiger partial charge in [-0.1, -0.05) is 25.8 Å². The van der Waals surface area contributed by atoms with E-state index in [4.69, 9.17) is 5.11 Å². The zero-order valence-electron chi connectivity index (χ0n) is 15.5. The van der Waals surface area contributed by atoms with E-state index in [2.05, 4.69) is 0 Å². The molecule has 1 fully saturated rings. The SMILES string of the molecule is CCCCC(F)(F)C(=O)CCC1CCC(=O)C1CCCC/C=C/C(=O)O. The lowest BCUT2D eigenvalue weighted by atomic mass is 9.86. The number of carbonyl (C=O) groups excluding carboxylic acids is 2. The first-order valence-electron chi connectivity index (χ1n) is 9.61. The van der Waals surface area contributed by atoms with Crippen LogP contribution in [0.15, 0.2) is 12.2 Å². The number of hydrogen-bond donors (Lipinski definition) is 1. The highest BCUT2D eigenvalue weighted by Crippen LogP contribution is 2.37. The Kier molecular flexibility index (Phi) is 9.66. The molecule has 0 heterocycles. The molecule has 26 heavy (non-hydrogen) atoms. The number of hydrogen-bond acceptors (Lipinski definition) is 3. The van der Waals surface area contributed by atoms with Crippen molar-refractivity contribution >= 4 is 17.5 Å². The van der Waals surface area contributed by atoms with Crippen molar-refractivity contribution in [3.8, 4) is 0 Å². The quantitative estimate of drug-likeness (QED) is 0.366. The summed E-state index contributed by atoms with van der Waals surface area (Å²) in [6.07, 6.45) is 7.51. The van der Waals surface area contributed by atoms with Crippen LogP contribution in [0.4, 0.5) is 8.78 Å². The summed E-state index contributed by atoms with van der Waals surface area (Å²) in [7, 11) is 0. The number of carboxylic acids is 1. The summed E-state index contributed by atoms with van der Waals surface area (Å²) >= 11 is 0. The number of halogens is 2. The first-order valence-corrected chi connectivity index (χ1v) is 9.61. The maximum atomic E-state index is 13.8. The number of alkyl halides is 2. The number of unbranched alkanes of at least 4 members (excludes halogenated alkanes) is 3. The summed E-state index contributed by atoms with van der Waals surface area (Å²) in [6.45, 7) is 1.81. The second-order valence-corrected chi connectivity index (χ2v) is 7.17. The van der Waals surface area contributed by atoms with Gasteiger partial charge in [0.2, 0.25) is 5.78 Å². The summed E-state index contributed by atoms with van der Waals surface area (Å²) in [5, 5.41) is 8.51. The normalized spacial score (nSPS) is 20.8. The Hall–Kier alpha value is -1.59. The molecular formula is C20H30F2O4. The van der Waals surface area contributed by atoms with E-state index in [0.29, 0.717) is 44.9 Å². The van der Waals surface area contributed by atoms with Gasteiger partial charge in [-0.05, 0) is 44.4 Å². The van der Waals surface area contributed by atoms with E-state index in [-0.39, 0.29) is 30.5 Å². The van der Waals surface area contributed by atoms with Crippen LogP contribution in [0, 0.1) is 11.8 Å². The second-order valence-electron chi connectivity index (χ2n) is 7.17. The van der Waals surface area contributed by atoms with Gasteiger partial charge >= 0.3 is 11.9 Å².